The van der Waals surface area contributed by atoms with E-state index in [0.29, 0.717) is 6.04 Å². The minimum absolute atomic E-state index is 0.225. The molecular formula is C12H20N2S. The van der Waals surface area contributed by atoms with E-state index in [-0.39, 0.29) is 6.04 Å². The van der Waals surface area contributed by atoms with Crippen molar-refractivity contribution in [3.05, 3.63) is 29.8 Å². The van der Waals surface area contributed by atoms with Crippen molar-refractivity contribution in [3.8, 4) is 0 Å². The van der Waals surface area contributed by atoms with E-state index in [9.17, 15) is 0 Å². The summed E-state index contributed by atoms with van der Waals surface area (Å²) in [5, 5.41) is 3.30. The average Bonchev–Trinajstić information content (AvgIpc) is 2.26. The van der Waals surface area contributed by atoms with Crippen LogP contribution in [-0.4, -0.2) is 19.3 Å². The highest BCUT2D eigenvalue weighted by atomic mass is 32.2. The van der Waals surface area contributed by atoms with Gasteiger partial charge in [0, 0.05) is 17.0 Å². The maximum atomic E-state index is 5.82. The Morgan fingerprint density at radius 2 is 1.93 bits per heavy atom. The van der Waals surface area contributed by atoms with Gasteiger partial charge in [-0.15, -0.1) is 11.8 Å². The highest BCUT2D eigenvalue weighted by molar-refractivity contribution is 7.98. The molecule has 1 aromatic rings. The Morgan fingerprint density at radius 3 is 2.33 bits per heavy atom. The van der Waals surface area contributed by atoms with Crippen LogP contribution in [0.25, 0.3) is 0 Å². The first-order valence-corrected chi connectivity index (χ1v) is 6.46. The zero-order valence-corrected chi connectivity index (χ0v) is 10.5. The van der Waals surface area contributed by atoms with Crippen LogP contribution in [0, 0.1) is 0 Å². The van der Waals surface area contributed by atoms with Crippen molar-refractivity contribution in [3.63, 3.8) is 0 Å². The van der Waals surface area contributed by atoms with Gasteiger partial charge >= 0.3 is 0 Å². The van der Waals surface area contributed by atoms with Crippen LogP contribution < -0.4 is 11.1 Å². The van der Waals surface area contributed by atoms with Gasteiger partial charge in [-0.25, -0.2) is 0 Å². The van der Waals surface area contributed by atoms with Gasteiger partial charge in [0.2, 0.25) is 0 Å². The molecule has 0 amide bonds. The van der Waals surface area contributed by atoms with Crippen LogP contribution in [0.2, 0.25) is 0 Å². The van der Waals surface area contributed by atoms with Crippen molar-refractivity contribution >= 4 is 11.8 Å². The number of rotatable bonds is 5. The molecule has 0 heterocycles. The first kappa shape index (κ1) is 12.6. The monoisotopic (exact) mass is 224 g/mol. The van der Waals surface area contributed by atoms with E-state index in [1.807, 2.05) is 14.0 Å². The SMILES string of the molecule is CNC(CC(C)N)c1ccc(SC)cc1. The molecule has 0 fully saturated rings. The Kier molecular flexibility index (Phi) is 5.15. The quantitative estimate of drug-likeness (QED) is 0.754. The zero-order valence-electron chi connectivity index (χ0n) is 9.66. The molecule has 3 heteroatoms. The summed E-state index contributed by atoms with van der Waals surface area (Å²) in [7, 11) is 1.98. The fraction of sp³-hybridized carbons (Fsp3) is 0.500. The summed E-state index contributed by atoms with van der Waals surface area (Å²) < 4.78 is 0. The lowest BCUT2D eigenvalue weighted by atomic mass is 10.0. The van der Waals surface area contributed by atoms with E-state index in [1.54, 1.807) is 11.8 Å². The van der Waals surface area contributed by atoms with Crippen LogP contribution in [0.4, 0.5) is 0 Å². The molecule has 15 heavy (non-hydrogen) atoms. The van der Waals surface area contributed by atoms with Gasteiger partial charge in [0.1, 0.15) is 0 Å². The standard InChI is InChI=1S/C12H20N2S/c1-9(13)8-12(14-2)10-4-6-11(15-3)7-5-10/h4-7,9,12,14H,8,13H2,1-3H3. The number of hydrogen-bond acceptors (Lipinski definition) is 3. The topological polar surface area (TPSA) is 38.0 Å². The van der Waals surface area contributed by atoms with E-state index < -0.39 is 0 Å². The van der Waals surface area contributed by atoms with Crippen LogP contribution >= 0.6 is 11.8 Å². The summed E-state index contributed by atoms with van der Waals surface area (Å²) in [6, 6.07) is 9.26. The van der Waals surface area contributed by atoms with Crippen LogP contribution in [0.3, 0.4) is 0 Å². The molecular weight excluding hydrogens is 204 g/mol. The third-order valence-electron chi connectivity index (χ3n) is 2.47. The van der Waals surface area contributed by atoms with E-state index in [4.69, 9.17) is 5.73 Å². The zero-order chi connectivity index (χ0) is 11.3. The van der Waals surface area contributed by atoms with Gasteiger partial charge in [-0.05, 0) is 44.3 Å². The molecule has 1 rings (SSSR count). The Morgan fingerprint density at radius 1 is 1.33 bits per heavy atom. The van der Waals surface area contributed by atoms with Gasteiger partial charge in [-0.1, -0.05) is 12.1 Å². The van der Waals surface area contributed by atoms with E-state index in [1.165, 1.54) is 10.5 Å². The number of thioether (sulfide) groups is 1. The van der Waals surface area contributed by atoms with Crippen molar-refractivity contribution in [2.75, 3.05) is 13.3 Å². The molecule has 0 aliphatic rings. The molecule has 0 aliphatic heterocycles. The van der Waals surface area contributed by atoms with Gasteiger partial charge < -0.3 is 11.1 Å². The molecule has 0 spiro atoms. The number of benzene rings is 1. The molecule has 0 aromatic heterocycles. The maximum Gasteiger partial charge on any atom is 0.0332 e. The largest absolute Gasteiger partial charge is 0.328 e. The number of nitrogens with one attached hydrogen (secondary N) is 1. The lowest BCUT2D eigenvalue weighted by Gasteiger charge is -2.18. The van der Waals surface area contributed by atoms with Crippen LogP contribution in [0.15, 0.2) is 29.2 Å². The molecule has 0 saturated carbocycles. The first-order valence-electron chi connectivity index (χ1n) is 5.24. The maximum absolute atomic E-state index is 5.82. The predicted octanol–water partition coefficient (Wildman–Crippen LogP) is 2.41. The van der Waals surface area contributed by atoms with Crippen LogP contribution in [-0.2, 0) is 0 Å². The molecule has 2 unspecified atom stereocenters. The summed E-state index contributed by atoms with van der Waals surface area (Å²) in [6.45, 7) is 2.04. The second kappa shape index (κ2) is 6.16. The molecule has 2 nitrogen and oxygen atoms in total. The molecule has 0 bridgehead atoms. The van der Waals surface area contributed by atoms with E-state index in [2.05, 4.69) is 35.8 Å². The number of nitrogens with two attached hydrogens (primary N) is 1. The minimum Gasteiger partial charge on any atom is -0.328 e. The predicted molar refractivity (Wildman–Crippen MR) is 68.3 cm³/mol. The van der Waals surface area contributed by atoms with Gasteiger partial charge in [-0.2, -0.15) is 0 Å². The molecule has 0 saturated heterocycles. The highest BCUT2D eigenvalue weighted by Crippen LogP contribution is 2.21. The molecule has 1 aromatic carbocycles. The Bertz CT molecular complexity index is 282. The summed E-state index contributed by atoms with van der Waals surface area (Å²) in [5.74, 6) is 0. The van der Waals surface area contributed by atoms with Crippen LogP contribution in [0.5, 0.6) is 0 Å². The molecule has 2 atom stereocenters. The van der Waals surface area contributed by atoms with E-state index >= 15 is 0 Å². The summed E-state index contributed by atoms with van der Waals surface area (Å²) in [4.78, 5) is 1.30. The lowest BCUT2D eigenvalue weighted by molar-refractivity contribution is 0.499. The second-order valence-corrected chi connectivity index (χ2v) is 4.71. The average molecular weight is 224 g/mol. The highest BCUT2D eigenvalue weighted by Gasteiger charge is 2.10. The van der Waals surface area contributed by atoms with E-state index in [0.717, 1.165) is 6.42 Å². The fourth-order valence-corrected chi connectivity index (χ4v) is 2.04. The third-order valence-corrected chi connectivity index (χ3v) is 3.22. The fourth-order valence-electron chi connectivity index (χ4n) is 1.63. The van der Waals surface area contributed by atoms with Gasteiger partial charge in [0.15, 0.2) is 0 Å². The van der Waals surface area contributed by atoms with Crippen molar-refractivity contribution in [1.29, 1.82) is 0 Å². The summed E-state index contributed by atoms with van der Waals surface area (Å²) in [6.07, 6.45) is 3.06. The van der Waals surface area contributed by atoms with Crippen molar-refractivity contribution in [2.45, 2.75) is 30.3 Å². The Labute approximate surface area is 96.6 Å². The second-order valence-electron chi connectivity index (χ2n) is 3.83. The number of hydrogen-bond donors (Lipinski definition) is 2. The van der Waals surface area contributed by atoms with Gasteiger partial charge in [0.25, 0.3) is 0 Å². The smallest absolute Gasteiger partial charge is 0.0332 e. The summed E-state index contributed by atoms with van der Waals surface area (Å²) >= 11 is 1.77. The third kappa shape index (κ3) is 3.86. The van der Waals surface area contributed by atoms with Crippen molar-refractivity contribution < 1.29 is 0 Å². The lowest BCUT2D eigenvalue weighted by Crippen LogP contribution is -2.25. The van der Waals surface area contributed by atoms with Crippen LogP contribution in [0.1, 0.15) is 24.9 Å². The molecule has 0 aliphatic carbocycles. The molecule has 3 N–H and O–H groups in total. The van der Waals surface area contributed by atoms with Gasteiger partial charge in [-0.3, -0.25) is 0 Å². The minimum atomic E-state index is 0.225. The Hall–Kier alpha value is -0.510. The van der Waals surface area contributed by atoms with Crippen molar-refractivity contribution in [2.24, 2.45) is 5.73 Å². The van der Waals surface area contributed by atoms with Gasteiger partial charge in [0.05, 0.1) is 0 Å². The first-order chi connectivity index (χ1) is 7.17. The molecule has 0 radical (unpaired) electrons. The molecule has 84 valence electrons. The normalized spacial score (nSPS) is 14.9. The van der Waals surface area contributed by atoms with Crippen molar-refractivity contribution in [1.82, 2.24) is 5.32 Å². The summed E-state index contributed by atoms with van der Waals surface area (Å²) in [5.41, 5.74) is 7.13. The Balaban J connectivity index is 2.74.